The van der Waals surface area contributed by atoms with Gasteiger partial charge in [-0.3, -0.25) is 14.9 Å². The van der Waals surface area contributed by atoms with Crippen LogP contribution in [0.25, 0.3) is 0 Å². The van der Waals surface area contributed by atoms with Crippen molar-refractivity contribution in [1.82, 2.24) is 4.98 Å². The molecule has 0 saturated heterocycles. The van der Waals surface area contributed by atoms with Gasteiger partial charge < -0.3 is 14.9 Å². The minimum Gasteiger partial charge on any atom is -0.480 e. The highest BCUT2D eigenvalue weighted by molar-refractivity contribution is 7.14. The van der Waals surface area contributed by atoms with E-state index in [1.807, 2.05) is 18.2 Å². The zero-order chi connectivity index (χ0) is 16.8. The van der Waals surface area contributed by atoms with E-state index < -0.39 is 23.9 Å². The number of carbonyl (C=O) groups excluding carboxylic acids is 1. The van der Waals surface area contributed by atoms with Crippen LogP contribution in [0.1, 0.15) is 17.2 Å². The van der Waals surface area contributed by atoms with Gasteiger partial charge in [0.2, 0.25) is 0 Å². The summed E-state index contributed by atoms with van der Waals surface area (Å²) in [6, 6.07) is 9.03. The summed E-state index contributed by atoms with van der Waals surface area (Å²) in [7, 11) is 0. The van der Waals surface area contributed by atoms with Crippen LogP contribution in [-0.2, 0) is 20.9 Å². The van der Waals surface area contributed by atoms with Gasteiger partial charge in [-0.2, -0.15) is 0 Å². The molecule has 0 spiro atoms. The number of ether oxygens (including phenoxy) is 1. The van der Waals surface area contributed by atoms with Crippen LogP contribution in [0.3, 0.4) is 0 Å². The third-order valence-corrected chi connectivity index (χ3v) is 3.51. The molecule has 0 atom stereocenters. The van der Waals surface area contributed by atoms with E-state index in [4.69, 9.17) is 14.9 Å². The number of hydrogen-bond acceptors (Lipinski definition) is 6. The summed E-state index contributed by atoms with van der Waals surface area (Å²) in [6.07, 6.45) is -0.767. The van der Waals surface area contributed by atoms with Crippen LogP contribution < -0.4 is 5.32 Å². The molecule has 1 aromatic heterocycles. The lowest BCUT2D eigenvalue weighted by molar-refractivity contribution is -0.150. The number of hydrogen-bond donors (Lipinski definition) is 3. The molecule has 0 aliphatic heterocycles. The zero-order valence-corrected chi connectivity index (χ0v) is 12.4. The van der Waals surface area contributed by atoms with Gasteiger partial charge in [0, 0.05) is 5.38 Å². The molecule has 23 heavy (non-hydrogen) atoms. The van der Waals surface area contributed by atoms with Gasteiger partial charge in [0.1, 0.15) is 6.61 Å². The number of carboxylic acid groups (broad SMARTS) is 2. The van der Waals surface area contributed by atoms with Crippen LogP contribution in [0.2, 0.25) is 0 Å². The first-order chi connectivity index (χ1) is 11.0. The van der Waals surface area contributed by atoms with Crippen LogP contribution in [0.5, 0.6) is 0 Å². The number of nitrogens with zero attached hydrogens (tertiary/aromatic N) is 1. The van der Waals surface area contributed by atoms with Crippen molar-refractivity contribution in [2.75, 3.05) is 5.32 Å². The number of aliphatic carboxylic acids is 2. The van der Waals surface area contributed by atoms with E-state index in [1.54, 1.807) is 12.1 Å². The summed E-state index contributed by atoms with van der Waals surface area (Å²) in [4.78, 5) is 37.2. The van der Waals surface area contributed by atoms with Crippen molar-refractivity contribution >= 4 is 34.5 Å². The Bertz CT molecular complexity index is 701. The van der Waals surface area contributed by atoms with Crippen LogP contribution in [0.4, 0.5) is 9.93 Å². The molecule has 0 saturated carbocycles. The second kappa shape index (κ2) is 7.36. The third-order valence-electron chi connectivity index (χ3n) is 2.73. The van der Waals surface area contributed by atoms with E-state index in [9.17, 15) is 14.4 Å². The first-order valence-electron chi connectivity index (χ1n) is 6.36. The summed E-state index contributed by atoms with van der Waals surface area (Å²) in [6.45, 7) is 0.0672. The molecule has 1 heterocycles. The number of thiazole rings is 1. The average Bonchev–Trinajstić information content (AvgIpc) is 2.93. The highest BCUT2D eigenvalue weighted by Crippen LogP contribution is 2.23. The fraction of sp³-hybridized carbons (Fsp3) is 0.143. The van der Waals surface area contributed by atoms with Gasteiger partial charge in [-0.25, -0.2) is 9.78 Å². The smallest absolute Gasteiger partial charge is 0.413 e. The lowest BCUT2D eigenvalue weighted by Gasteiger charge is -2.05. The minimum absolute atomic E-state index is 0.0607. The summed E-state index contributed by atoms with van der Waals surface area (Å²) in [5, 5.41) is 21.4. The molecule has 0 bridgehead atoms. The molecule has 9 heteroatoms. The topological polar surface area (TPSA) is 126 Å². The molecule has 1 amide bonds. The molecular formula is C14H12N2O6S. The van der Waals surface area contributed by atoms with Crippen molar-refractivity contribution in [1.29, 1.82) is 0 Å². The second-order valence-electron chi connectivity index (χ2n) is 4.37. The van der Waals surface area contributed by atoms with Gasteiger partial charge in [0.05, 0.1) is 5.69 Å². The largest absolute Gasteiger partial charge is 0.480 e. The average molecular weight is 336 g/mol. The Morgan fingerprint density at radius 1 is 1.17 bits per heavy atom. The van der Waals surface area contributed by atoms with Crippen LogP contribution in [0.15, 0.2) is 35.7 Å². The zero-order valence-electron chi connectivity index (χ0n) is 11.6. The molecule has 0 aliphatic rings. The molecule has 2 rings (SSSR count). The van der Waals surface area contributed by atoms with Crippen LogP contribution in [-0.4, -0.2) is 33.2 Å². The monoisotopic (exact) mass is 336 g/mol. The number of carbonyl (C=O) groups is 3. The maximum atomic E-state index is 11.6. The Kier molecular flexibility index (Phi) is 5.26. The lowest BCUT2D eigenvalue weighted by atomic mass is 10.1. The molecule has 0 unspecified atom stereocenters. The van der Waals surface area contributed by atoms with Gasteiger partial charge >= 0.3 is 18.0 Å². The summed E-state index contributed by atoms with van der Waals surface area (Å²) < 4.78 is 4.98. The standard InChI is InChI=1S/C14H12N2O6S/c17-11(18)10(12(19)20)9-7-23-13(15-9)16-14(21)22-6-8-4-2-1-3-5-8/h1-5,7,10H,6H2,(H,17,18)(H,19,20)(H,15,16,21). The summed E-state index contributed by atoms with van der Waals surface area (Å²) in [5.41, 5.74) is 0.646. The first-order valence-corrected chi connectivity index (χ1v) is 7.24. The molecule has 8 nitrogen and oxygen atoms in total. The van der Waals surface area contributed by atoms with E-state index in [1.165, 1.54) is 5.38 Å². The Morgan fingerprint density at radius 2 is 1.83 bits per heavy atom. The van der Waals surface area contributed by atoms with Gasteiger partial charge in [0.15, 0.2) is 11.0 Å². The number of nitrogens with one attached hydrogen (secondary N) is 1. The lowest BCUT2D eigenvalue weighted by Crippen LogP contribution is -2.21. The molecule has 120 valence electrons. The van der Waals surface area contributed by atoms with Crippen LogP contribution >= 0.6 is 11.3 Å². The number of anilines is 1. The van der Waals surface area contributed by atoms with Crippen molar-refractivity contribution in [3.8, 4) is 0 Å². The molecule has 0 fully saturated rings. The van der Waals surface area contributed by atoms with E-state index >= 15 is 0 Å². The number of rotatable bonds is 6. The van der Waals surface area contributed by atoms with Crippen molar-refractivity contribution in [3.63, 3.8) is 0 Å². The predicted molar refractivity (Wildman–Crippen MR) is 80.4 cm³/mol. The third kappa shape index (κ3) is 4.51. The molecule has 2 aromatic rings. The molecule has 3 N–H and O–H groups in total. The quantitative estimate of drug-likeness (QED) is 0.690. The number of carboxylic acids is 2. The van der Waals surface area contributed by atoms with Crippen molar-refractivity contribution in [3.05, 3.63) is 47.0 Å². The maximum absolute atomic E-state index is 11.6. The van der Waals surface area contributed by atoms with Gasteiger partial charge in [-0.15, -0.1) is 11.3 Å². The SMILES string of the molecule is O=C(Nc1nc(C(C(=O)O)C(=O)O)cs1)OCc1ccccc1. The van der Waals surface area contributed by atoms with Crippen molar-refractivity contribution < 1.29 is 29.3 Å². The second-order valence-corrected chi connectivity index (χ2v) is 5.23. The highest BCUT2D eigenvalue weighted by atomic mass is 32.1. The Balaban J connectivity index is 1.94. The van der Waals surface area contributed by atoms with Crippen molar-refractivity contribution in [2.24, 2.45) is 0 Å². The van der Waals surface area contributed by atoms with Crippen LogP contribution in [0, 0.1) is 0 Å². The molecule has 1 aromatic carbocycles. The molecule has 0 radical (unpaired) electrons. The number of aromatic nitrogens is 1. The number of amides is 1. The normalized spacial score (nSPS) is 10.3. The van der Waals surface area contributed by atoms with Gasteiger partial charge in [0.25, 0.3) is 0 Å². The van der Waals surface area contributed by atoms with E-state index in [0.717, 1.165) is 16.9 Å². The Labute approximate surface area is 134 Å². The predicted octanol–water partition coefficient (Wildman–Crippen LogP) is 2.14. The molecule has 0 aliphatic carbocycles. The maximum Gasteiger partial charge on any atom is 0.413 e. The summed E-state index contributed by atoms with van der Waals surface area (Å²) in [5.74, 6) is -4.83. The van der Waals surface area contributed by atoms with Crippen molar-refractivity contribution in [2.45, 2.75) is 12.5 Å². The van der Waals surface area contributed by atoms with Gasteiger partial charge in [-0.1, -0.05) is 30.3 Å². The summed E-state index contributed by atoms with van der Waals surface area (Å²) >= 11 is 0.913. The first kappa shape index (κ1) is 16.4. The fourth-order valence-corrected chi connectivity index (χ4v) is 2.40. The Morgan fingerprint density at radius 3 is 2.43 bits per heavy atom. The van der Waals surface area contributed by atoms with E-state index in [2.05, 4.69) is 10.3 Å². The Hall–Kier alpha value is -2.94. The number of benzene rings is 1. The van der Waals surface area contributed by atoms with E-state index in [-0.39, 0.29) is 17.4 Å². The molecular weight excluding hydrogens is 324 g/mol. The fourth-order valence-electron chi connectivity index (χ4n) is 1.68. The highest BCUT2D eigenvalue weighted by Gasteiger charge is 2.30. The van der Waals surface area contributed by atoms with E-state index in [0.29, 0.717) is 0 Å². The van der Waals surface area contributed by atoms with Gasteiger partial charge in [-0.05, 0) is 5.56 Å². The minimum atomic E-state index is -1.78.